The fourth-order valence-electron chi connectivity index (χ4n) is 3.10. The zero-order valence-electron chi connectivity index (χ0n) is 22.3. The lowest BCUT2D eigenvalue weighted by Crippen LogP contribution is -2.51. The van der Waals surface area contributed by atoms with Crippen LogP contribution in [0.1, 0.15) is 23.0 Å². The van der Waals surface area contributed by atoms with Crippen molar-refractivity contribution >= 4 is 11.7 Å². The molecule has 1 atom stereocenters. The molecule has 1 unspecified atom stereocenters. The van der Waals surface area contributed by atoms with E-state index in [1.54, 1.807) is 0 Å². The van der Waals surface area contributed by atoms with Gasteiger partial charge >= 0.3 is 0 Å². The molecule has 1 aromatic heterocycles. The minimum atomic E-state index is -2.74. The van der Waals surface area contributed by atoms with Crippen molar-refractivity contribution < 1.29 is 26.0 Å². The first kappa shape index (κ1) is 16.4. The number of carbonyl (C=O) groups is 1. The van der Waals surface area contributed by atoms with Crippen molar-refractivity contribution in [1.29, 1.82) is 0 Å². The summed E-state index contributed by atoms with van der Waals surface area (Å²) >= 11 is 0. The van der Waals surface area contributed by atoms with E-state index in [1.807, 2.05) is 60.7 Å². The molecule has 0 saturated carbocycles. The summed E-state index contributed by atoms with van der Waals surface area (Å²) in [5, 5.41) is 0.456. The Morgan fingerprint density at radius 3 is 2.28 bits per heavy atom. The predicted octanol–water partition coefficient (Wildman–Crippen LogP) is 2.06. The number of benzene rings is 2. The number of amides is 1. The van der Waals surface area contributed by atoms with Gasteiger partial charge in [-0.1, -0.05) is 60.7 Å². The third-order valence-corrected chi connectivity index (χ3v) is 4.70. The van der Waals surface area contributed by atoms with E-state index < -0.39 is 18.3 Å². The monoisotopic (exact) mass is 442 g/mol. The van der Waals surface area contributed by atoms with E-state index in [9.17, 15) is 4.79 Å². The second-order valence-corrected chi connectivity index (χ2v) is 7.13. The van der Waals surface area contributed by atoms with Crippen LogP contribution in [0.15, 0.2) is 67.0 Å². The molecule has 3 aromatic rings. The first-order valence-corrected chi connectivity index (χ1v) is 10.1. The third-order valence-electron chi connectivity index (χ3n) is 4.70. The number of nitrogens with zero attached hydrogens (tertiary/aromatic N) is 2. The molecule has 1 aliphatic heterocycles. The summed E-state index contributed by atoms with van der Waals surface area (Å²) in [5.74, 6) is -1.17. The lowest BCUT2D eigenvalue weighted by Gasteiger charge is -2.24. The standard InChI is InChI=1S/C23H27N5O4/c24-23-26-21-20(22(29)27-23)25-15-28(21)16-32-19(13-30-11-17-7-3-1-4-8-17)14-31-12-18-9-5-2-6-10-18/h1-10,15,19,23,26H,11-14,16,24H2,(H,27,29)/i23D/hD4. The van der Waals surface area contributed by atoms with E-state index in [2.05, 4.69) is 4.98 Å². The summed E-state index contributed by atoms with van der Waals surface area (Å²) in [6.45, 7) is 0.959. The van der Waals surface area contributed by atoms with E-state index in [-0.39, 0.29) is 42.5 Å². The van der Waals surface area contributed by atoms with Crippen LogP contribution in [0.3, 0.4) is 0 Å². The average Bonchev–Trinajstić information content (AvgIpc) is 3.34. The van der Waals surface area contributed by atoms with Gasteiger partial charge in [0.2, 0.25) is 0 Å². The molecule has 0 bridgehead atoms. The molecule has 0 aliphatic carbocycles. The van der Waals surface area contributed by atoms with Gasteiger partial charge in [-0.3, -0.25) is 15.1 Å². The van der Waals surface area contributed by atoms with Crippen molar-refractivity contribution in [3.05, 3.63) is 83.8 Å². The molecule has 4 N–H and O–H groups in total. The Bertz CT molecular complexity index is 1130. The fourth-order valence-corrected chi connectivity index (χ4v) is 3.10. The van der Waals surface area contributed by atoms with E-state index in [0.29, 0.717) is 18.5 Å². The van der Waals surface area contributed by atoms with Gasteiger partial charge in [-0.25, -0.2) is 4.98 Å². The normalized spacial score (nSPS) is 20.6. The van der Waals surface area contributed by atoms with Crippen LogP contribution in [0, 0.1) is 0 Å². The highest BCUT2D eigenvalue weighted by Gasteiger charge is 2.26. The van der Waals surface area contributed by atoms with Gasteiger partial charge in [0.15, 0.2) is 14.8 Å². The van der Waals surface area contributed by atoms with Crippen LogP contribution in [0.5, 0.6) is 0 Å². The number of nitrogens with two attached hydrogens (primary N) is 1. The van der Waals surface area contributed by atoms with Crippen LogP contribution in [0.4, 0.5) is 5.82 Å². The molecule has 0 saturated heterocycles. The highest BCUT2D eigenvalue weighted by atomic mass is 16.6. The number of carbonyl (C=O) groups excluding carboxylic acids is 1. The molecule has 9 heteroatoms. The van der Waals surface area contributed by atoms with Crippen LogP contribution in [-0.4, -0.2) is 41.0 Å². The van der Waals surface area contributed by atoms with E-state index in [1.165, 1.54) is 10.9 Å². The summed E-state index contributed by atoms with van der Waals surface area (Å²) < 4.78 is 58.3. The zero-order valence-corrected chi connectivity index (χ0v) is 17.3. The van der Waals surface area contributed by atoms with Crippen LogP contribution in [0.25, 0.3) is 0 Å². The Hall–Kier alpha value is -3.24. The molecule has 32 heavy (non-hydrogen) atoms. The SMILES string of the molecule is [2H]N([2H])C1([2H])N([2H])C(=O)c2ncn(COC(COCc3ccccc3)COCc3ccccc3)c2N1[2H]. The topological polar surface area (TPSA) is 113 Å². The van der Waals surface area contributed by atoms with E-state index in [0.717, 1.165) is 11.1 Å². The Labute approximate surface area is 193 Å². The average molecular weight is 443 g/mol. The number of ether oxygens (including phenoxy) is 3. The second kappa shape index (κ2) is 10.9. The molecule has 9 nitrogen and oxygen atoms in total. The van der Waals surface area contributed by atoms with Crippen molar-refractivity contribution in [3.63, 3.8) is 0 Å². The number of hydrogen-bond acceptors (Lipinski definition) is 7. The van der Waals surface area contributed by atoms with Crippen molar-refractivity contribution in [3.8, 4) is 0 Å². The Morgan fingerprint density at radius 1 is 1.06 bits per heavy atom. The number of imidazole rings is 1. The number of hydrogen-bond donors (Lipinski definition) is 3. The molecule has 1 amide bonds. The number of anilines is 1. The van der Waals surface area contributed by atoms with Crippen LogP contribution in [-0.2, 0) is 34.2 Å². The number of aromatic nitrogens is 2. The molecular formula is C23H27N5O4. The third kappa shape index (κ3) is 5.92. The largest absolute Gasteiger partial charge is 0.374 e. The smallest absolute Gasteiger partial charge is 0.276 e. The van der Waals surface area contributed by atoms with Crippen LogP contribution in [0.2, 0.25) is 5.65 Å². The van der Waals surface area contributed by atoms with Gasteiger partial charge in [-0.05, 0) is 11.1 Å². The number of rotatable bonds is 12. The summed E-state index contributed by atoms with van der Waals surface area (Å²) in [6.07, 6.45) is -2.02. The van der Waals surface area contributed by atoms with Gasteiger partial charge in [0.05, 0.1) is 34.1 Å². The summed E-state index contributed by atoms with van der Waals surface area (Å²) in [4.78, 5) is 16.5. The Kier molecular flexibility index (Phi) is 5.57. The van der Waals surface area contributed by atoms with Crippen molar-refractivity contribution in [2.75, 3.05) is 18.5 Å². The first-order chi connectivity index (χ1) is 17.8. The maximum Gasteiger partial charge on any atom is 0.276 e. The quantitative estimate of drug-likeness (QED) is 0.393. The molecule has 0 fully saturated rings. The predicted molar refractivity (Wildman–Crippen MR) is 118 cm³/mol. The van der Waals surface area contributed by atoms with Gasteiger partial charge in [0.1, 0.15) is 21.5 Å². The zero-order chi connectivity index (χ0) is 26.4. The maximum atomic E-state index is 12.5. The molecule has 1 aliphatic rings. The van der Waals surface area contributed by atoms with E-state index in [4.69, 9.17) is 21.2 Å². The summed E-state index contributed by atoms with van der Waals surface area (Å²) in [7, 11) is 0. The van der Waals surface area contributed by atoms with Gasteiger partial charge in [0, 0.05) is 0 Å². The summed E-state index contributed by atoms with van der Waals surface area (Å²) in [5.41, 5.74) is 1.54. The Morgan fingerprint density at radius 2 is 1.69 bits per heavy atom. The van der Waals surface area contributed by atoms with Crippen molar-refractivity contribution in [2.24, 2.45) is 5.72 Å². The lowest BCUT2D eigenvalue weighted by atomic mass is 10.2. The van der Waals surface area contributed by atoms with Crippen LogP contribution < -0.4 is 16.3 Å². The molecular weight excluding hydrogens is 410 g/mol. The minimum Gasteiger partial charge on any atom is -0.374 e. The fraction of sp³-hybridized carbons (Fsp3) is 0.304. The van der Waals surface area contributed by atoms with Crippen LogP contribution >= 0.6 is 0 Å². The highest BCUT2D eigenvalue weighted by Crippen LogP contribution is 2.18. The number of nitrogens with one attached hydrogen (secondary N) is 2. The van der Waals surface area contributed by atoms with Gasteiger partial charge in [0.25, 0.3) is 5.91 Å². The molecule has 168 valence electrons. The van der Waals surface area contributed by atoms with Crippen molar-refractivity contribution in [2.45, 2.75) is 32.3 Å². The van der Waals surface area contributed by atoms with Gasteiger partial charge in [-0.2, -0.15) is 0 Å². The van der Waals surface area contributed by atoms with Crippen molar-refractivity contribution in [1.82, 2.24) is 14.9 Å². The minimum absolute atomic E-state index is 0.0537. The second-order valence-electron chi connectivity index (χ2n) is 7.13. The molecule has 2 heterocycles. The molecule has 0 spiro atoms. The first-order valence-electron chi connectivity index (χ1n) is 12.4. The Balaban J connectivity index is 1.44. The maximum absolute atomic E-state index is 12.5. The molecule has 2 aromatic carbocycles. The van der Waals surface area contributed by atoms with Gasteiger partial charge in [-0.15, -0.1) is 0 Å². The van der Waals surface area contributed by atoms with E-state index >= 15 is 0 Å². The highest BCUT2D eigenvalue weighted by molar-refractivity contribution is 5.98. The number of fused-ring (bicyclic) bond motifs is 1. The molecule has 4 rings (SSSR count). The molecule has 0 radical (unpaired) electrons. The summed E-state index contributed by atoms with van der Waals surface area (Å²) in [6, 6.07) is 19.3. The lowest BCUT2D eigenvalue weighted by molar-refractivity contribution is -0.0870. The van der Waals surface area contributed by atoms with Gasteiger partial charge < -0.3 is 24.8 Å².